The first-order valence-electron chi connectivity index (χ1n) is 16.2. The number of rotatable bonds is 17. The zero-order valence-corrected chi connectivity index (χ0v) is 30.8. The third kappa shape index (κ3) is 17.5. The highest BCUT2D eigenvalue weighted by Gasteiger charge is 2.16. The predicted molar refractivity (Wildman–Crippen MR) is 201 cm³/mol. The maximum absolute atomic E-state index is 12.7. The highest BCUT2D eigenvalue weighted by molar-refractivity contribution is 6.35. The molecule has 1 atom stereocenters. The lowest BCUT2D eigenvalue weighted by Crippen LogP contribution is -2.36. The zero-order chi connectivity index (χ0) is 34.9. The van der Waals surface area contributed by atoms with Gasteiger partial charge in [0.15, 0.2) is 0 Å². The lowest BCUT2D eigenvalue weighted by atomic mass is 10.1. The number of nitrogens with one attached hydrogen (secondary N) is 1. The van der Waals surface area contributed by atoms with Gasteiger partial charge in [-0.3, -0.25) is 4.79 Å². The van der Waals surface area contributed by atoms with Crippen LogP contribution in [0.15, 0.2) is 66.3 Å². The SMILES string of the molecule is C#C.C/C=C/C=C(\C)n1nc(-c2cc(Cl)cc(Cl)c2)cc1OCCC(=O)NC(CCC)CCCN(CC)CC.C/C=C\C(C)=C\C. The van der Waals surface area contributed by atoms with Crippen LogP contribution in [0.1, 0.15) is 87.5 Å². The molecule has 0 spiro atoms. The van der Waals surface area contributed by atoms with Crippen LogP contribution in [0.25, 0.3) is 17.0 Å². The van der Waals surface area contributed by atoms with Gasteiger partial charge in [0.05, 0.1) is 18.7 Å². The average Bonchev–Trinajstić information content (AvgIpc) is 3.47. The minimum Gasteiger partial charge on any atom is -0.477 e. The number of carbonyl (C=O) groups excluding carboxylic acids is 1. The van der Waals surface area contributed by atoms with E-state index in [1.54, 1.807) is 10.7 Å². The third-order valence-electron chi connectivity index (χ3n) is 7.09. The van der Waals surface area contributed by atoms with E-state index in [0.29, 0.717) is 21.6 Å². The Morgan fingerprint density at radius 3 is 2.20 bits per heavy atom. The zero-order valence-electron chi connectivity index (χ0n) is 29.3. The Morgan fingerprint density at radius 1 is 1.02 bits per heavy atom. The number of halogens is 2. The molecule has 0 aliphatic heterocycles. The first kappa shape index (κ1) is 42.8. The Labute approximate surface area is 289 Å². The van der Waals surface area contributed by atoms with E-state index in [-0.39, 0.29) is 25.0 Å². The van der Waals surface area contributed by atoms with Gasteiger partial charge in [-0.2, -0.15) is 5.10 Å². The van der Waals surface area contributed by atoms with Gasteiger partial charge >= 0.3 is 0 Å². The number of allylic oxidation sites excluding steroid dienone is 8. The minimum atomic E-state index is 0.00961. The van der Waals surface area contributed by atoms with Crippen molar-refractivity contribution < 1.29 is 9.53 Å². The van der Waals surface area contributed by atoms with Crippen LogP contribution in [0, 0.1) is 12.8 Å². The molecule has 2 rings (SSSR count). The fraction of sp³-hybridized carbons (Fsp3) is 0.474. The van der Waals surface area contributed by atoms with Gasteiger partial charge in [-0.05, 0) is 97.8 Å². The van der Waals surface area contributed by atoms with E-state index in [9.17, 15) is 4.79 Å². The Balaban J connectivity index is 0.00000198. The van der Waals surface area contributed by atoms with Crippen molar-refractivity contribution in [1.82, 2.24) is 20.0 Å². The van der Waals surface area contributed by atoms with Crippen molar-refractivity contribution in [2.75, 3.05) is 26.2 Å². The summed E-state index contributed by atoms with van der Waals surface area (Å²) >= 11 is 12.4. The molecule has 1 amide bonds. The quantitative estimate of drug-likeness (QED) is 0.134. The van der Waals surface area contributed by atoms with Gasteiger partial charge < -0.3 is 15.0 Å². The minimum absolute atomic E-state index is 0.00961. The summed E-state index contributed by atoms with van der Waals surface area (Å²) in [5.41, 5.74) is 3.69. The number of aromatic nitrogens is 2. The molecule has 6 nitrogen and oxygen atoms in total. The molecule has 0 saturated carbocycles. The van der Waals surface area contributed by atoms with Crippen LogP contribution >= 0.6 is 23.2 Å². The molecule has 0 aliphatic rings. The Kier molecular flexibility index (Phi) is 24.1. The summed E-state index contributed by atoms with van der Waals surface area (Å²) in [7, 11) is 0. The summed E-state index contributed by atoms with van der Waals surface area (Å²) in [6, 6.07) is 7.36. The van der Waals surface area contributed by atoms with Gasteiger partial charge in [0, 0.05) is 33.4 Å². The molecule has 1 aromatic heterocycles. The molecule has 8 heteroatoms. The van der Waals surface area contributed by atoms with E-state index in [2.05, 4.69) is 62.9 Å². The summed E-state index contributed by atoms with van der Waals surface area (Å²) in [6.45, 7) is 20.0. The van der Waals surface area contributed by atoms with Crippen molar-refractivity contribution in [2.24, 2.45) is 0 Å². The second kappa shape index (κ2) is 25.9. The second-order valence-corrected chi connectivity index (χ2v) is 11.5. The van der Waals surface area contributed by atoms with E-state index in [0.717, 1.165) is 56.6 Å². The standard InChI is InChI=1S/C29H42Cl2N4O2.C7H12.C2H2/c1-6-10-13-22(5)35-29(21-27(33-35)23-18-24(30)20-25(31)19-23)37-17-15-28(36)32-26(12-7-2)14-11-16-34(8-3)9-4;1-4-6-7(3)5-2;1-2/h6,10,13,18-21,26H,7-9,11-12,14-17H2,1-5H3,(H,32,36);4-6H,1-3H3;1-2H/b10-6+,22-13+;6-4-,7-5+;. The Morgan fingerprint density at radius 2 is 1.67 bits per heavy atom. The number of nitrogens with zero attached hydrogens (tertiary/aromatic N) is 3. The predicted octanol–water partition coefficient (Wildman–Crippen LogP) is 10.2. The first-order valence-corrected chi connectivity index (χ1v) is 17.0. The molecular formula is C38H56Cl2N4O2. The number of hydrogen-bond donors (Lipinski definition) is 1. The highest BCUT2D eigenvalue weighted by Crippen LogP contribution is 2.30. The second-order valence-electron chi connectivity index (χ2n) is 10.6. The van der Waals surface area contributed by atoms with E-state index in [4.69, 9.17) is 33.0 Å². The van der Waals surface area contributed by atoms with Crippen molar-refractivity contribution in [1.29, 1.82) is 0 Å². The number of benzene rings is 1. The largest absolute Gasteiger partial charge is 0.477 e. The van der Waals surface area contributed by atoms with E-state index >= 15 is 0 Å². The van der Waals surface area contributed by atoms with Crippen LogP contribution in [0.2, 0.25) is 10.0 Å². The summed E-state index contributed by atoms with van der Waals surface area (Å²) in [5, 5.41) is 9.00. The third-order valence-corrected chi connectivity index (χ3v) is 7.52. The van der Waals surface area contributed by atoms with Gasteiger partial charge in [0.2, 0.25) is 11.8 Å². The van der Waals surface area contributed by atoms with Crippen LogP contribution in [0.3, 0.4) is 0 Å². The molecule has 1 heterocycles. The van der Waals surface area contributed by atoms with E-state index in [1.165, 1.54) is 5.57 Å². The van der Waals surface area contributed by atoms with Gasteiger partial charge in [-0.25, -0.2) is 4.68 Å². The van der Waals surface area contributed by atoms with Gasteiger partial charge in [0.1, 0.15) is 0 Å². The normalized spacial score (nSPS) is 12.5. The molecule has 0 saturated heterocycles. The number of hydrogen-bond acceptors (Lipinski definition) is 4. The van der Waals surface area contributed by atoms with Crippen LogP contribution in [0.5, 0.6) is 5.88 Å². The Bertz CT molecular complexity index is 1270. The average molecular weight is 672 g/mol. The summed E-state index contributed by atoms with van der Waals surface area (Å²) in [4.78, 5) is 15.1. The smallest absolute Gasteiger partial charge is 0.223 e. The molecule has 254 valence electrons. The fourth-order valence-corrected chi connectivity index (χ4v) is 5.04. The number of carbonyl (C=O) groups is 1. The van der Waals surface area contributed by atoms with Crippen molar-refractivity contribution in [3.05, 3.63) is 76.3 Å². The van der Waals surface area contributed by atoms with Crippen molar-refractivity contribution in [3.63, 3.8) is 0 Å². The van der Waals surface area contributed by atoms with Gasteiger partial charge in [0.25, 0.3) is 0 Å². The van der Waals surface area contributed by atoms with E-state index < -0.39 is 0 Å². The summed E-state index contributed by atoms with van der Waals surface area (Å²) in [5.74, 6) is 0.567. The highest BCUT2D eigenvalue weighted by atomic mass is 35.5. The molecule has 0 aliphatic carbocycles. The van der Waals surface area contributed by atoms with Gasteiger partial charge in [-0.15, -0.1) is 12.8 Å². The van der Waals surface area contributed by atoms with Crippen LogP contribution < -0.4 is 10.1 Å². The van der Waals surface area contributed by atoms with Gasteiger partial charge in [-0.1, -0.05) is 86.3 Å². The topological polar surface area (TPSA) is 59.4 Å². The number of amides is 1. The molecule has 1 N–H and O–H groups in total. The van der Waals surface area contributed by atoms with Crippen molar-refractivity contribution >= 4 is 34.8 Å². The summed E-state index contributed by atoms with van der Waals surface area (Å²) in [6.07, 6.45) is 24.4. The Hall–Kier alpha value is -3.24. The molecular weight excluding hydrogens is 615 g/mol. The van der Waals surface area contributed by atoms with Crippen LogP contribution in [-0.4, -0.2) is 52.9 Å². The lowest BCUT2D eigenvalue weighted by molar-refractivity contribution is -0.122. The lowest BCUT2D eigenvalue weighted by Gasteiger charge is -2.21. The van der Waals surface area contributed by atoms with Crippen LogP contribution in [-0.2, 0) is 4.79 Å². The fourth-order valence-electron chi connectivity index (χ4n) is 4.51. The maximum Gasteiger partial charge on any atom is 0.223 e. The molecule has 1 aromatic carbocycles. The summed E-state index contributed by atoms with van der Waals surface area (Å²) < 4.78 is 7.79. The molecule has 0 radical (unpaired) electrons. The molecule has 0 fully saturated rings. The number of ether oxygens (including phenoxy) is 1. The maximum atomic E-state index is 12.7. The molecule has 2 aromatic rings. The van der Waals surface area contributed by atoms with Crippen LogP contribution in [0.4, 0.5) is 0 Å². The van der Waals surface area contributed by atoms with Crippen molar-refractivity contribution in [3.8, 4) is 30.0 Å². The molecule has 1 unspecified atom stereocenters. The molecule has 0 bridgehead atoms. The monoisotopic (exact) mass is 670 g/mol. The van der Waals surface area contributed by atoms with E-state index in [1.807, 2.05) is 70.2 Å². The molecule has 46 heavy (non-hydrogen) atoms. The van der Waals surface area contributed by atoms with Crippen molar-refractivity contribution in [2.45, 2.75) is 93.5 Å². The number of terminal acetylenes is 1. The first-order chi connectivity index (χ1) is 22.1.